The molecule has 0 bridgehead atoms. The second-order valence-electron chi connectivity index (χ2n) is 4.29. The van der Waals surface area contributed by atoms with E-state index in [1.807, 2.05) is 6.07 Å². The Morgan fingerprint density at radius 1 is 1.47 bits per heavy atom. The fourth-order valence-electron chi connectivity index (χ4n) is 1.37. The highest BCUT2D eigenvalue weighted by molar-refractivity contribution is 7.89. The second-order valence-corrected chi connectivity index (χ2v) is 5.82. The van der Waals surface area contributed by atoms with Gasteiger partial charge in [-0.3, -0.25) is 4.79 Å². The van der Waals surface area contributed by atoms with Crippen molar-refractivity contribution in [1.29, 1.82) is 5.26 Å². The van der Waals surface area contributed by atoms with Gasteiger partial charge in [0.25, 0.3) is 0 Å². The molecule has 3 N–H and O–H groups in total. The Kier molecular flexibility index (Phi) is 4.29. The molecule has 0 fully saturated rings. The zero-order valence-corrected chi connectivity index (χ0v) is 11.5. The largest absolute Gasteiger partial charge is 0.323 e. The van der Waals surface area contributed by atoms with E-state index in [0.29, 0.717) is 6.42 Å². The van der Waals surface area contributed by atoms with Gasteiger partial charge in [-0.25, -0.2) is 13.6 Å². The Balaban J connectivity index is 3.16. The normalized spacial score (nSPS) is 14.2. The molecule has 0 saturated carbocycles. The van der Waals surface area contributed by atoms with Crippen molar-refractivity contribution in [1.82, 2.24) is 0 Å². The minimum Gasteiger partial charge on any atom is -0.323 e. The highest BCUT2D eigenvalue weighted by Gasteiger charge is 2.32. The molecule has 6 nitrogen and oxygen atoms in total. The molecule has 1 unspecified atom stereocenters. The van der Waals surface area contributed by atoms with Gasteiger partial charge in [0.15, 0.2) is 0 Å². The molecule has 1 aromatic carbocycles. The first-order valence-electron chi connectivity index (χ1n) is 5.59. The van der Waals surface area contributed by atoms with Crippen LogP contribution in [-0.2, 0) is 14.8 Å². The van der Waals surface area contributed by atoms with Gasteiger partial charge < -0.3 is 5.32 Å². The third-order valence-electron chi connectivity index (χ3n) is 2.90. The summed E-state index contributed by atoms with van der Waals surface area (Å²) in [5.41, 5.74) is -1.14. The van der Waals surface area contributed by atoms with Gasteiger partial charge in [0.2, 0.25) is 15.9 Å². The molecule has 0 saturated heterocycles. The Labute approximate surface area is 112 Å². The lowest BCUT2D eigenvalue weighted by molar-refractivity contribution is -0.122. The molecular weight excluding hydrogens is 266 g/mol. The maximum atomic E-state index is 12.0. The first kappa shape index (κ1) is 15.1. The van der Waals surface area contributed by atoms with Crippen molar-refractivity contribution in [3.8, 4) is 6.07 Å². The number of anilines is 1. The van der Waals surface area contributed by atoms with Crippen molar-refractivity contribution in [2.45, 2.75) is 25.2 Å². The van der Waals surface area contributed by atoms with Gasteiger partial charge in [0.05, 0.1) is 11.8 Å². The Morgan fingerprint density at radius 2 is 2.05 bits per heavy atom. The minimum absolute atomic E-state index is 0.0740. The first-order chi connectivity index (χ1) is 8.74. The highest BCUT2D eigenvalue weighted by Crippen LogP contribution is 2.25. The molecule has 0 heterocycles. The quantitative estimate of drug-likeness (QED) is 0.863. The smallest absolute Gasteiger partial charge is 0.244 e. The van der Waals surface area contributed by atoms with E-state index in [1.54, 1.807) is 13.0 Å². The zero-order chi connectivity index (χ0) is 14.7. The van der Waals surface area contributed by atoms with Crippen molar-refractivity contribution in [2.24, 2.45) is 10.6 Å². The number of carbonyl (C=O) groups is 1. The minimum atomic E-state index is -3.94. The molecule has 1 aromatic rings. The van der Waals surface area contributed by atoms with Crippen LogP contribution in [0.15, 0.2) is 29.2 Å². The van der Waals surface area contributed by atoms with Gasteiger partial charge in [-0.1, -0.05) is 19.1 Å². The number of nitrogens with one attached hydrogen (secondary N) is 1. The van der Waals surface area contributed by atoms with Crippen molar-refractivity contribution in [3.05, 3.63) is 24.3 Å². The summed E-state index contributed by atoms with van der Waals surface area (Å²) in [5.74, 6) is -0.561. The van der Waals surface area contributed by atoms with Gasteiger partial charge in [0, 0.05) is 0 Å². The van der Waals surface area contributed by atoms with Crippen LogP contribution in [0.2, 0.25) is 0 Å². The van der Waals surface area contributed by atoms with Crippen molar-refractivity contribution < 1.29 is 13.2 Å². The van der Waals surface area contributed by atoms with E-state index < -0.39 is 21.3 Å². The van der Waals surface area contributed by atoms with E-state index in [1.165, 1.54) is 25.1 Å². The molecule has 0 spiro atoms. The van der Waals surface area contributed by atoms with Crippen LogP contribution in [0.5, 0.6) is 0 Å². The highest BCUT2D eigenvalue weighted by atomic mass is 32.2. The molecular formula is C12H15N3O3S. The molecule has 1 rings (SSSR count). The summed E-state index contributed by atoms with van der Waals surface area (Å²) in [4.78, 5) is 11.8. The number of sulfonamides is 1. The summed E-state index contributed by atoms with van der Waals surface area (Å²) in [6, 6.07) is 7.70. The predicted molar refractivity (Wildman–Crippen MR) is 70.5 cm³/mol. The molecule has 0 aliphatic rings. The number of rotatable bonds is 4. The second kappa shape index (κ2) is 5.38. The molecule has 0 aromatic heterocycles. The number of nitrogens with two attached hydrogens (primary N) is 1. The SMILES string of the molecule is CCC(C)(C#N)C(=O)Nc1ccccc1S(N)(=O)=O. The van der Waals surface area contributed by atoms with E-state index in [0.717, 1.165) is 0 Å². The van der Waals surface area contributed by atoms with Crippen LogP contribution in [-0.4, -0.2) is 14.3 Å². The van der Waals surface area contributed by atoms with Gasteiger partial charge >= 0.3 is 0 Å². The zero-order valence-electron chi connectivity index (χ0n) is 10.7. The fraction of sp³-hybridized carbons (Fsp3) is 0.333. The van der Waals surface area contributed by atoms with E-state index >= 15 is 0 Å². The Hall–Kier alpha value is -1.91. The number of hydrogen-bond acceptors (Lipinski definition) is 4. The summed E-state index contributed by atoms with van der Waals surface area (Å²) in [7, 11) is -3.94. The molecule has 1 amide bonds. The molecule has 102 valence electrons. The topological polar surface area (TPSA) is 113 Å². The predicted octanol–water partition coefficient (Wildman–Crippen LogP) is 1.21. The number of nitriles is 1. The van der Waals surface area contributed by atoms with Crippen molar-refractivity contribution in [3.63, 3.8) is 0 Å². The maximum Gasteiger partial charge on any atom is 0.244 e. The van der Waals surface area contributed by atoms with E-state index in [9.17, 15) is 13.2 Å². The summed E-state index contributed by atoms with van der Waals surface area (Å²) >= 11 is 0. The summed E-state index contributed by atoms with van der Waals surface area (Å²) < 4.78 is 22.8. The number of benzene rings is 1. The Morgan fingerprint density at radius 3 is 2.53 bits per heavy atom. The average Bonchev–Trinajstić information content (AvgIpc) is 2.37. The summed E-state index contributed by atoms with van der Waals surface area (Å²) in [6.45, 7) is 3.19. The number of para-hydroxylation sites is 1. The van der Waals surface area contributed by atoms with Crippen LogP contribution in [0.1, 0.15) is 20.3 Å². The third-order valence-corrected chi connectivity index (χ3v) is 3.87. The third kappa shape index (κ3) is 3.30. The maximum absolute atomic E-state index is 12.0. The summed E-state index contributed by atoms with van der Waals surface area (Å²) in [6.07, 6.45) is 0.312. The van der Waals surface area contributed by atoms with Crippen LogP contribution in [0, 0.1) is 16.7 Å². The monoisotopic (exact) mass is 281 g/mol. The van der Waals surface area contributed by atoms with E-state index in [2.05, 4.69) is 5.32 Å². The lowest BCUT2D eigenvalue weighted by atomic mass is 9.88. The van der Waals surface area contributed by atoms with Gasteiger partial charge in [-0.15, -0.1) is 0 Å². The van der Waals surface area contributed by atoms with Crippen LogP contribution in [0.3, 0.4) is 0 Å². The van der Waals surface area contributed by atoms with Crippen molar-refractivity contribution >= 4 is 21.6 Å². The first-order valence-corrected chi connectivity index (χ1v) is 7.14. The molecule has 1 atom stereocenters. The van der Waals surface area contributed by atoms with Crippen LogP contribution >= 0.6 is 0 Å². The average molecular weight is 281 g/mol. The van der Waals surface area contributed by atoms with Gasteiger partial charge in [0.1, 0.15) is 10.3 Å². The van der Waals surface area contributed by atoms with Crippen LogP contribution in [0.25, 0.3) is 0 Å². The number of hydrogen-bond donors (Lipinski definition) is 2. The Bertz CT molecular complexity index is 634. The number of nitrogens with zero attached hydrogens (tertiary/aromatic N) is 1. The molecule has 0 radical (unpaired) electrons. The lowest BCUT2D eigenvalue weighted by Gasteiger charge is -2.19. The molecule has 7 heteroatoms. The van der Waals surface area contributed by atoms with Crippen LogP contribution in [0.4, 0.5) is 5.69 Å². The fourth-order valence-corrected chi connectivity index (χ4v) is 2.06. The number of carbonyl (C=O) groups excluding carboxylic acids is 1. The molecule has 19 heavy (non-hydrogen) atoms. The lowest BCUT2D eigenvalue weighted by Crippen LogP contribution is -2.32. The molecule has 0 aliphatic carbocycles. The standard InChI is InChI=1S/C12H15N3O3S/c1-3-12(2,8-13)11(16)15-9-6-4-5-7-10(9)19(14,17)18/h4-7H,3H2,1-2H3,(H,15,16)(H2,14,17,18). The van der Waals surface area contributed by atoms with E-state index in [4.69, 9.17) is 10.4 Å². The van der Waals surface area contributed by atoms with Crippen molar-refractivity contribution in [2.75, 3.05) is 5.32 Å². The molecule has 0 aliphatic heterocycles. The van der Waals surface area contributed by atoms with Crippen LogP contribution < -0.4 is 10.5 Å². The van der Waals surface area contributed by atoms with Gasteiger partial charge in [-0.05, 0) is 25.5 Å². The number of amides is 1. The number of primary sulfonamides is 1. The van der Waals surface area contributed by atoms with Gasteiger partial charge in [-0.2, -0.15) is 5.26 Å². The van der Waals surface area contributed by atoms with E-state index in [-0.39, 0.29) is 10.6 Å². The summed E-state index contributed by atoms with van der Waals surface area (Å²) in [5, 5.41) is 16.5.